The largest absolute Gasteiger partial charge is 0.390 e. The Labute approximate surface area is 133 Å². The summed E-state index contributed by atoms with van der Waals surface area (Å²) in [4.78, 5) is 0. The molecule has 0 spiro atoms. The van der Waals surface area contributed by atoms with Crippen LogP contribution in [0.4, 0.5) is 18.9 Å². The predicted molar refractivity (Wildman–Crippen MR) is 85.1 cm³/mol. The van der Waals surface area contributed by atoms with Crippen LogP contribution in [0.1, 0.15) is 23.6 Å². The second-order valence-electron chi connectivity index (χ2n) is 4.89. The van der Waals surface area contributed by atoms with Crippen LogP contribution in [0.15, 0.2) is 54.6 Å². The van der Waals surface area contributed by atoms with E-state index < -0.39 is 18.6 Å². The van der Waals surface area contributed by atoms with Crippen LogP contribution in [0.3, 0.4) is 0 Å². The van der Waals surface area contributed by atoms with Gasteiger partial charge in [-0.05, 0) is 23.3 Å². The van der Waals surface area contributed by atoms with E-state index in [1.807, 2.05) is 30.3 Å². The van der Waals surface area contributed by atoms with E-state index in [0.717, 1.165) is 11.3 Å². The van der Waals surface area contributed by atoms with Gasteiger partial charge in [0.25, 0.3) is 0 Å². The molecule has 1 atom stereocenters. The van der Waals surface area contributed by atoms with Gasteiger partial charge in [0.15, 0.2) is 0 Å². The molecule has 0 fully saturated rings. The van der Waals surface area contributed by atoms with Crippen LogP contribution in [0.2, 0.25) is 0 Å². The summed E-state index contributed by atoms with van der Waals surface area (Å²) in [5, 5.41) is 3.21. The zero-order valence-electron chi connectivity index (χ0n) is 11.8. The Kier molecular flexibility index (Phi) is 6.71. The molecule has 0 amide bonds. The molecule has 3 N–H and O–H groups in total. The first-order chi connectivity index (χ1) is 9.94. The van der Waals surface area contributed by atoms with Gasteiger partial charge >= 0.3 is 6.18 Å². The van der Waals surface area contributed by atoms with E-state index in [1.54, 1.807) is 24.3 Å². The van der Waals surface area contributed by atoms with Crippen LogP contribution in [0.5, 0.6) is 0 Å². The van der Waals surface area contributed by atoms with Crippen molar-refractivity contribution < 1.29 is 13.2 Å². The lowest BCUT2D eigenvalue weighted by molar-refractivity contribution is -0.138. The quantitative estimate of drug-likeness (QED) is 0.836. The van der Waals surface area contributed by atoms with Crippen molar-refractivity contribution in [2.45, 2.75) is 25.2 Å². The number of rotatable bonds is 5. The zero-order valence-corrected chi connectivity index (χ0v) is 12.6. The van der Waals surface area contributed by atoms with E-state index in [2.05, 4.69) is 5.32 Å². The maximum absolute atomic E-state index is 12.3. The second-order valence-corrected chi connectivity index (χ2v) is 4.89. The van der Waals surface area contributed by atoms with Gasteiger partial charge in [-0.2, -0.15) is 13.2 Å². The average molecular weight is 331 g/mol. The van der Waals surface area contributed by atoms with Gasteiger partial charge in [0.05, 0.1) is 6.42 Å². The van der Waals surface area contributed by atoms with Crippen LogP contribution in [-0.4, -0.2) is 6.18 Å². The third-order valence-electron chi connectivity index (χ3n) is 3.13. The summed E-state index contributed by atoms with van der Waals surface area (Å²) in [7, 11) is 0. The lowest BCUT2D eigenvalue weighted by atomic mass is 10.0. The van der Waals surface area contributed by atoms with Crippen molar-refractivity contribution in [1.29, 1.82) is 0 Å². The van der Waals surface area contributed by atoms with E-state index in [1.165, 1.54) is 0 Å². The maximum Gasteiger partial charge on any atom is 0.390 e. The number of anilines is 1. The Hall–Kier alpha value is -1.72. The molecule has 2 aromatic rings. The molecule has 0 aliphatic carbocycles. The molecule has 2 rings (SSSR count). The van der Waals surface area contributed by atoms with E-state index in [4.69, 9.17) is 5.73 Å². The molecule has 0 aliphatic rings. The van der Waals surface area contributed by atoms with Gasteiger partial charge in [0.2, 0.25) is 0 Å². The fourth-order valence-electron chi connectivity index (χ4n) is 2.02. The van der Waals surface area contributed by atoms with Crippen LogP contribution in [0.25, 0.3) is 0 Å². The highest BCUT2D eigenvalue weighted by molar-refractivity contribution is 5.85. The van der Waals surface area contributed by atoms with Crippen molar-refractivity contribution in [2.75, 3.05) is 5.32 Å². The van der Waals surface area contributed by atoms with Crippen molar-refractivity contribution in [2.24, 2.45) is 5.73 Å². The first kappa shape index (κ1) is 18.3. The number of nitrogens with two attached hydrogens (primary N) is 1. The summed E-state index contributed by atoms with van der Waals surface area (Å²) in [6, 6.07) is 15.6. The van der Waals surface area contributed by atoms with E-state index in [9.17, 15) is 13.2 Å². The molecule has 0 heterocycles. The molecule has 2 aromatic carbocycles. The Morgan fingerprint density at radius 3 is 2.09 bits per heavy atom. The van der Waals surface area contributed by atoms with Gasteiger partial charge in [-0.1, -0.05) is 42.5 Å². The number of nitrogens with one attached hydrogen (secondary N) is 1. The van der Waals surface area contributed by atoms with Crippen molar-refractivity contribution in [3.05, 3.63) is 65.7 Å². The minimum absolute atomic E-state index is 0. The molecule has 0 bridgehead atoms. The number of alkyl halides is 3. The first-order valence-electron chi connectivity index (χ1n) is 6.64. The van der Waals surface area contributed by atoms with Gasteiger partial charge in [-0.25, -0.2) is 0 Å². The molecular weight excluding hydrogens is 313 g/mol. The van der Waals surface area contributed by atoms with Crippen LogP contribution in [-0.2, 0) is 6.54 Å². The molecule has 120 valence electrons. The summed E-state index contributed by atoms with van der Waals surface area (Å²) >= 11 is 0. The van der Waals surface area contributed by atoms with Gasteiger partial charge in [0, 0.05) is 18.3 Å². The maximum atomic E-state index is 12.3. The summed E-state index contributed by atoms with van der Waals surface area (Å²) in [5.74, 6) is 0. The number of hydrogen-bond acceptors (Lipinski definition) is 2. The van der Waals surface area contributed by atoms with Crippen LogP contribution >= 0.6 is 12.4 Å². The SMILES string of the molecule is Cl.N[C@@H](CC(F)(F)F)c1ccc(NCc2ccccc2)cc1. The highest BCUT2D eigenvalue weighted by atomic mass is 35.5. The minimum atomic E-state index is -4.25. The summed E-state index contributed by atoms with van der Waals surface area (Å²) in [5.41, 5.74) is 8.02. The van der Waals surface area contributed by atoms with Crippen LogP contribution in [0, 0.1) is 0 Å². The predicted octanol–water partition coefficient (Wildman–Crippen LogP) is 4.67. The number of hydrogen-bond donors (Lipinski definition) is 2. The summed E-state index contributed by atoms with van der Waals surface area (Å²) in [6.45, 7) is 0.661. The average Bonchev–Trinajstić information content (AvgIpc) is 2.45. The first-order valence-corrected chi connectivity index (χ1v) is 6.64. The Morgan fingerprint density at radius 1 is 0.955 bits per heavy atom. The molecule has 2 nitrogen and oxygen atoms in total. The fourth-order valence-corrected chi connectivity index (χ4v) is 2.02. The molecule has 6 heteroatoms. The molecule has 0 saturated heterocycles. The Bertz CT molecular complexity index is 556. The normalized spacial score (nSPS) is 12.4. The van der Waals surface area contributed by atoms with Gasteiger partial charge in [0.1, 0.15) is 0 Å². The Balaban J connectivity index is 0.00000242. The summed E-state index contributed by atoms with van der Waals surface area (Å²) in [6.07, 6.45) is -5.26. The van der Waals surface area contributed by atoms with Crippen molar-refractivity contribution in [1.82, 2.24) is 0 Å². The monoisotopic (exact) mass is 330 g/mol. The third kappa shape index (κ3) is 5.95. The third-order valence-corrected chi connectivity index (χ3v) is 3.13. The number of halogens is 4. The van der Waals surface area contributed by atoms with Crippen LogP contribution < -0.4 is 11.1 Å². The van der Waals surface area contributed by atoms with Gasteiger partial charge < -0.3 is 11.1 Å². The second kappa shape index (κ2) is 8.06. The topological polar surface area (TPSA) is 38.0 Å². The molecule has 22 heavy (non-hydrogen) atoms. The van der Waals surface area contributed by atoms with Gasteiger partial charge in [-0.3, -0.25) is 0 Å². The highest BCUT2D eigenvalue weighted by Crippen LogP contribution is 2.28. The van der Waals surface area contributed by atoms with E-state index >= 15 is 0 Å². The smallest absolute Gasteiger partial charge is 0.381 e. The number of benzene rings is 2. The van der Waals surface area contributed by atoms with Gasteiger partial charge in [-0.15, -0.1) is 12.4 Å². The standard InChI is InChI=1S/C16H17F3N2.ClH/c17-16(18,19)10-15(20)13-6-8-14(9-7-13)21-11-12-4-2-1-3-5-12;/h1-9,15,21H,10-11,20H2;1H/t15-;/m0./s1. The lowest BCUT2D eigenvalue weighted by Crippen LogP contribution is -2.20. The molecule has 0 aromatic heterocycles. The minimum Gasteiger partial charge on any atom is -0.381 e. The van der Waals surface area contributed by atoms with Crippen molar-refractivity contribution in [3.8, 4) is 0 Å². The molecule has 0 unspecified atom stereocenters. The molecule has 0 radical (unpaired) electrons. The molecule has 0 aliphatic heterocycles. The lowest BCUT2D eigenvalue weighted by Gasteiger charge is -2.15. The Morgan fingerprint density at radius 2 is 1.55 bits per heavy atom. The van der Waals surface area contributed by atoms with Crippen molar-refractivity contribution in [3.63, 3.8) is 0 Å². The summed E-state index contributed by atoms with van der Waals surface area (Å²) < 4.78 is 36.9. The highest BCUT2D eigenvalue weighted by Gasteiger charge is 2.30. The fraction of sp³-hybridized carbons (Fsp3) is 0.250. The molecule has 0 saturated carbocycles. The molecular formula is C16H18ClF3N2. The van der Waals surface area contributed by atoms with Crippen molar-refractivity contribution >= 4 is 18.1 Å². The van der Waals surface area contributed by atoms with E-state index in [0.29, 0.717) is 12.1 Å². The van der Waals surface area contributed by atoms with E-state index in [-0.39, 0.29) is 12.4 Å². The zero-order chi connectivity index (χ0) is 15.3.